The first-order chi connectivity index (χ1) is 11.9. The van der Waals surface area contributed by atoms with Crippen molar-refractivity contribution in [2.24, 2.45) is 0 Å². The van der Waals surface area contributed by atoms with Crippen molar-refractivity contribution in [3.05, 3.63) is 53.1 Å². The molecule has 4 heteroatoms. The van der Waals surface area contributed by atoms with Crippen LogP contribution in [-0.2, 0) is 10.2 Å². The van der Waals surface area contributed by atoms with E-state index in [9.17, 15) is 4.79 Å². The molecular formula is C21H27NO3. The molecule has 0 fully saturated rings. The Morgan fingerprint density at radius 2 is 1.68 bits per heavy atom. The second kappa shape index (κ2) is 7.60. The van der Waals surface area contributed by atoms with E-state index in [1.165, 1.54) is 0 Å². The second-order valence-electron chi connectivity index (χ2n) is 6.56. The van der Waals surface area contributed by atoms with Crippen molar-refractivity contribution < 1.29 is 14.3 Å². The third-order valence-electron chi connectivity index (χ3n) is 4.72. The van der Waals surface area contributed by atoms with Crippen molar-refractivity contribution in [2.75, 3.05) is 26.6 Å². The van der Waals surface area contributed by atoms with E-state index >= 15 is 0 Å². The lowest BCUT2D eigenvalue weighted by Gasteiger charge is -2.30. The Bertz CT molecular complexity index is 755. The molecule has 0 spiro atoms. The van der Waals surface area contributed by atoms with Crippen molar-refractivity contribution in [1.82, 2.24) is 0 Å². The van der Waals surface area contributed by atoms with Gasteiger partial charge < -0.3 is 19.6 Å². The van der Waals surface area contributed by atoms with Gasteiger partial charge >= 0.3 is 0 Å². The van der Waals surface area contributed by atoms with Crippen molar-refractivity contribution in [3.8, 4) is 11.5 Å². The number of benzene rings is 2. The molecule has 2 aromatic rings. The Hall–Kier alpha value is -2.49. The molecule has 0 bridgehead atoms. The number of aldehydes is 1. The van der Waals surface area contributed by atoms with Crippen LogP contribution in [0.5, 0.6) is 11.5 Å². The molecule has 0 aliphatic heterocycles. The lowest BCUT2D eigenvalue weighted by molar-refractivity contribution is -0.111. The van der Waals surface area contributed by atoms with Gasteiger partial charge in [0, 0.05) is 24.4 Å². The smallest absolute Gasteiger partial charge is 0.134 e. The average Bonchev–Trinajstić information content (AvgIpc) is 2.65. The molecule has 2 aromatic carbocycles. The number of anilines is 1. The van der Waals surface area contributed by atoms with E-state index in [1.807, 2.05) is 50.4 Å². The molecule has 0 aliphatic carbocycles. The summed E-state index contributed by atoms with van der Waals surface area (Å²) in [5.74, 6) is 1.67. The van der Waals surface area contributed by atoms with Gasteiger partial charge in [0.15, 0.2) is 0 Å². The lowest BCUT2D eigenvalue weighted by Crippen LogP contribution is -2.27. The molecular weight excluding hydrogens is 314 g/mol. The topological polar surface area (TPSA) is 47.6 Å². The molecule has 2 rings (SSSR count). The van der Waals surface area contributed by atoms with Crippen LogP contribution >= 0.6 is 0 Å². The van der Waals surface area contributed by atoms with Crippen molar-refractivity contribution in [2.45, 2.75) is 32.1 Å². The largest absolute Gasteiger partial charge is 0.496 e. The van der Waals surface area contributed by atoms with Gasteiger partial charge in [0.1, 0.15) is 17.8 Å². The van der Waals surface area contributed by atoms with Gasteiger partial charge in [-0.15, -0.1) is 0 Å². The third kappa shape index (κ3) is 3.34. The molecule has 25 heavy (non-hydrogen) atoms. The summed E-state index contributed by atoms with van der Waals surface area (Å²) in [7, 11) is 5.12. The maximum Gasteiger partial charge on any atom is 0.134 e. The number of nitrogens with one attached hydrogen (secondary N) is 1. The quantitative estimate of drug-likeness (QED) is 0.760. The Morgan fingerprint density at radius 3 is 2.20 bits per heavy atom. The summed E-state index contributed by atoms with van der Waals surface area (Å²) in [6.07, 6.45) is 0.984. The number of carbonyl (C=O) groups is 1. The number of hydrogen-bond donors (Lipinski definition) is 1. The van der Waals surface area contributed by atoms with Gasteiger partial charge in [0.2, 0.25) is 0 Å². The number of methoxy groups -OCH3 is 2. The molecule has 134 valence electrons. The highest BCUT2D eigenvalue weighted by Gasteiger charge is 2.34. The third-order valence-corrected chi connectivity index (χ3v) is 4.72. The molecule has 1 N–H and O–H groups in total. The molecule has 0 aliphatic rings. The first-order valence-electron chi connectivity index (χ1n) is 8.42. The number of carbonyl (C=O) groups excluding carboxylic acids is 1. The van der Waals surface area contributed by atoms with Crippen LogP contribution in [0, 0.1) is 0 Å². The SMILES string of the molecule is CNc1ccccc1C(C)(C=O)c1cc(C(C)C)c(OC)cc1OC. The maximum atomic E-state index is 12.3. The zero-order valence-electron chi connectivity index (χ0n) is 15.8. The summed E-state index contributed by atoms with van der Waals surface area (Å²) in [6.45, 7) is 6.13. The normalized spacial score (nSPS) is 13.2. The predicted molar refractivity (Wildman–Crippen MR) is 102 cm³/mol. The molecule has 0 radical (unpaired) electrons. The summed E-state index contributed by atoms with van der Waals surface area (Å²) < 4.78 is 11.1. The second-order valence-corrected chi connectivity index (χ2v) is 6.56. The number of para-hydroxylation sites is 1. The highest BCUT2D eigenvalue weighted by atomic mass is 16.5. The molecule has 4 nitrogen and oxygen atoms in total. The van der Waals surface area contributed by atoms with Gasteiger partial charge in [-0.25, -0.2) is 0 Å². The van der Waals surface area contributed by atoms with Gasteiger partial charge in [-0.2, -0.15) is 0 Å². The van der Waals surface area contributed by atoms with Gasteiger partial charge in [-0.3, -0.25) is 0 Å². The first kappa shape index (κ1) is 18.8. The van der Waals surface area contributed by atoms with Crippen LogP contribution in [0.2, 0.25) is 0 Å². The van der Waals surface area contributed by atoms with Gasteiger partial charge in [-0.1, -0.05) is 32.0 Å². The summed E-state index contributed by atoms with van der Waals surface area (Å²) >= 11 is 0. The Balaban J connectivity index is 2.79. The Labute approximate surface area is 150 Å². The molecule has 0 saturated carbocycles. The number of rotatable bonds is 7. The van der Waals surface area contributed by atoms with Crippen molar-refractivity contribution >= 4 is 12.0 Å². The molecule has 0 saturated heterocycles. The minimum atomic E-state index is -0.846. The van der Waals surface area contributed by atoms with Crippen LogP contribution in [0.3, 0.4) is 0 Å². The molecule has 1 atom stereocenters. The van der Waals surface area contributed by atoms with Gasteiger partial charge in [0.05, 0.1) is 19.6 Å². The zero-order chi connectivity index (χ0) is 18.6. The minimum Gasteiger partial charge on any atom is -0.496 e. The summed E-state index contributed by atoms with van der Waals surface area (Å²) in [4.78, 5) is 12.3. The van der Waals surface area contributed by atoms with E-state index in [0.29, 0.717) is 5.75 Å². The van der Waals surface area contributed by atoms with E-state index in [4.69, 9.17) is 9.47 Å². The first-order valence-corrected chi connectivity index (χ1v) is 8.42. The van der Waals surface area contributed by atoms with E-state index in [-0.39, 0.29) is 5.92 Å². The molecule has 0 aromatic heterocycles. The van der Waals surface area contributed by atoms with Crippen LogP contribution in [-0.4, -0.2) is 27.6 Å². The fraction of sp³-hybridized carbons (Fsp3) is 0.381. The highest BCUT2D eigenvalue weighted by Crippen LogP contribution is 2.43. The zero-order valence-corrected chi connectivity index (χ0v) is 15.8. The minimum absolute atomic E-state index is 0.259. The van der Waals surface area contributed by atoms with Crippen LogP contribution in [0.15, 0.2) is 36.4 Å². The van der Waals surface area contributed by atoms with Crippen molar-refractivity contribution in [3.63, 3.8) is 0 Å². The van der Waals surface area contributed by atoms with Crippen LogP contribution in [0.4, 0.5) is 5.69 Å². The van der Waals surface area contributed by atoms with Crippen molar-refractivity contribution in [1.29, 1.82) is 0 Å². The predicted octanol–water partition coefficient (Wildman–Crippen LogP) is 4.37. The molecule has 0 amide bonds. The monoisotopic (exact) mass is 341 g/mol. The van der Waals surface area contributed by atoms with Crippen LogP contribution < -0.4 is 14.8 Å². The summed E-state index contributed by atoms with van der Waals surface area (Å²) in [5.41, 5.74) is 2.86. The number of ether oxygens (including phenoxy) is 2. The van der Waals surface area contributed by atoms with Crippen LogP contribution in [0.25, 0.3) is 0 Å². The van der Waals surface area contributed by atoms with E-state index in [0.717, 1.165) is 34.4 Å². The number of hydrogen-bond acceptors (Lipinski definition) is 4. The maximum absolute atomic E-state index is 12.3. The summed E-state index contributed by atoms with van der Waals surface area (Å²) in [6, 6.07) is 11.7. The highest BCUT2D eigenvalue weighted by molar-refractivity contribution is 5.80. The van der Waals surface area contributed by atoms with E-state index in [2.05, 4.69) is 19.2 Å². The van der Waals surface area contributed by atoms with Crippen LogP contribution in [0.1, 0.15) is 43.4 Å². The van der Waals surface area contributed by atoms with Gasteiger partial charge in [0.25, 0.3) is 0 Å². The molecule has 0 heterocycles. The Kier molecular flexibility index (Phi) is 5.73. The standard InChI is InChI=1S/C21H27NO3/c1-14(2)15-11-17(20(25-6)12-19(15)24-5)21(3,13-23)16-9-7-8-10-18(16)22-4/h7-14,22H,1-6H3. The van der Waals surface area contributed by atoms with Gasteiger partial charge in [-0.05, 0) is 36.1 Å². The lowest BCUT2D eigenvalue weighted by atomic mass is 9.75. The average molecular weight is 341 g/mol. The van der Waals surface area contributed by atoms with E-state index in [1.54, 1.807) is 14.2 Å². The molecule has 1 unspecified atom stereocenters. The Morgan fingerprint density at radius 1 is 1.04 bits per heavy atom. The fourth-order valence-corrected chi connectivity index (χ4v) is 3.21. The summed E-state index contributed by atoms with van der Waals surface area (Å²) in [5, 5.41) is 3.18. The fourth-order valence-electron chi connectivity index (χ4n) is 3.21. The van der Waals surface area contributed by atoms with E-state index < -0.39 is 5.41 Å².